The first-order chi connectivity index (χ1) is 6.29. The zero-order chi connectivity index (χ0) is 9.26. The van der Waals surface area contributed by atoms with Crippen molar-refractivity contribution >= 4 is 5.69 Å². The highest BCUT2D eigenvalue weighted by Gasteiger charge is 2.17. The normalized spacial score (nSPS) is 21.2. The largest absolute Gasteiger partial charge is 0.399 e. The molecule has 13 heavy (non-hydrogen) atoms. The second-order valence-corrected chi connectivity index (χ2v) is 3.35. The number of nitrogens with two attached hydrogens (primary N) is 1. The molecule has 0 spiro atoms. The summed E-state index contributed by atoms with van der Waals surface area (Å²) < 4.78 is 5.40. The van der Waals surface area contributed by atoms with Gasteiger partial charge >= 0.3 is 0 Å². The van der Waals surface area contributed by atoms with Crippen LogP contribution >= 0.6 is 0 Å². The van der Waals surface area contributed by atoms with Crippen molar-refractivity contribution in [1.82, 2.24) is 0 Å². The molecule has 1 aliphatic rings. The van der Waals surface area contributed by atoms with Crippen LogP contribution in [0.3, 0.4) is 0 Å². The lowest BCUT2D eigenvalue weighted by Crippen LogP contribution is -2.25. The Bertz CT molecular complexity index is 312. The van der Waals surface area contributed by atoms with E-state index < -0.39 is 0 Å². The molecule has 1 heterocycles. The van der Waals surface area contributed by atoms with Crippen LogP contribution in [0.25, 0.3) is 0 Å². The summed E-state index contributed by atoms with van der Waals surface area (Å²) in [6.45, 7) is 0.662. The molecule has 0 fully saturated rings. The smallest absolute Gasteiger partial charge is 0.0850 e. The summed E-state index contributed by atoms with van der Waals surface area (Å²) in [5.41, 5.74) is 8.82. The van der Waals surface area contributed by atoms with E-state index in [0.717, 1.165) is 12.1 Å². The maximum atomic E-state index is 8.93. The van der Waals surface area contributed by atoms with Crippen molar-refractivity contribution < 1.29 is 9.84 Å². The molecule has 70 valence electrons. The fourth-order valence-electron chi connectivity index (χ4n) is 1.61. The van der Waals surface area contributed by atoms with Gasteiger partial charge in [-0.2, -0.15) is 0 Å². The van der Waals surface area contributed by atoms with E-state index in [4.69, 9.17) is 15.6 Å². The Kier molecular flexibility index (Phi) is 2.20. The Hall–Kier alpha value is -1.06. The number of ether oxygens (including phenoxy) is 1. The third-order valence-electron chi connectivity index (χ3n) is 2.36. The summed E-state index contributed by atoms with van der Waals surface area (Å²) in [6, 6.07) is 5.82. The van der Waals surface area contributed by atoms with E-state index in [0.29, 0.717) is 6.61 Å². The molecule has 0 radical (unpaired) electrons. The molecule has 0 aliphatic carbocycles. The van der Waals surface area contributed by atoms with Gasteiger partial charge in [-0.1, -0.05) is 6.07 Å². The third kappa shape index (κ3) is 1.66. The maximum Gasteiger partial charge on any atom is 0.0850 e. The number of aliphatic hydroxyl groups is 1. The molecule has 1 atom stereocenters. The van der Waals surface area contributed by atoms with Crippen molar-refractivity contribution in [2.75, 3.05) is 12.3 Å². The van der Waals surface area contributed by atoms with Gasteiger partial charge in [-0.25, -0.2) is 0 Å². The van der Waals surface area contributed by atoms with Crippen LogP contribution in [0, 0.1) is 0 Å². The number of anilines is 1. The Labute approximate surface area is 77.1 Å². The van der Waals surface area contributed by atoms with Gasteiger partial charge in [0.1, 0.15) is 0 Å². The summed E-state index contributed by atoms with van der Waals surface area (Å²) in [7, 11) is 0. The zero-order valence-corrected chi connectivity index (χ0v) is 7.36. The number of fused-ring (bicyclic) bond motifs is 1. The number of rotatable bonds is 1. The Morgan fingerprint density at radius 2 is 2.31 bits per heavy atom. The fourth-order valence-corrected chi connectivity index (χ4v) is 1.61. The summed E-state index contributed by atoms with van der Waals surface area (Å²) in [4.78, 5) is 0. The molecule has 1 unspecified atom stereocenters. The molecule has 1 aliphatic heterocycles. The Morgan fingerprint density at radius 3 is 3.08 bits per heavy atom. The van der Waals surface area contributed by atoms with E-state index in [1.54, 1.807) is 0 Å². The molecule has 3 heteroatoms. The van der Waals surface area contributed by atoms with Gasteiger partial charge in [0, 0.05) is 12.1 Å². The fraction of sp³-hybridized carbons (Fsp3) is 0.400. The lowest BCUT2D eigenvalue weighted by Gasteiger charge is -2.23. The molecule has 3 N–H and O–H groups in total. The second kappa shape index (κ2) is 3.36. The SMILES string of the molecule is Nc1ccc2c(c1)CC(CO)OC2. The number of benzene rings is 1. The monoisotopic (exact) mass is 179 g/mol. The van der Waals surface area contributed by atoms with Crippen LogP contribution in [-0.2, 0) is 17.8 Å². The number of aliphatic hydroxyl groups excluding tert-OH is 1. The van der Waals surface area contributed by atoms with Gasteiger partial charge < -0.3 is 15.6 Å². The molecule has 2 rings (SSSR count). The van der Waals surface area contributed by atoms with Crippen LogP contribution in [0.1, 0.15) is 11.1 Å². The van der Waals surface area contributed by atoms with E-state index in [1.165, 1.54) is 11.1 Å². The van der Waals surface area contributed by atoms with Crippen molar-refractivity contribution in [3.05, 3.63) is 29.3 Å². The molecular weight excluding hydrogens is 166 g/mol. The zero-order valence-electron chi connectivity index (χ0n) is 7.36. The second-order valence-electron chi connectivity index (χ2n) is 3.35. The highest BCUT2D eigenvalue weighted by Crippen LogP contribution is 2.22. The molecule has 3 nitrogen and oxygen atoms in total. The Balaban J connectivity index is 2.27. The van der Waals surface area contributed by atoms with E-state index in [-0.39, 0.29) is 12.7 Å². The first-order valence-electron chi connectivity index (χ1n) is 4.39. The average molecular weight is 179 g/mol. The van der Waals surface area contributed by atoms with Gasteiger partial charge in [-0.05, 0) is 23.3 Å². The van der Waals surface area contributed by atoms with Crippen molar-refractivity contribution in [2.45, 2.75) is 19.1 Å². The van der Waals surface area contributed by atoms with Crippen LogP contribution in [-0.4, -0.2) is 17.8 Å². The first-order valence-corrected chi connectivity index (χ1v) is 4.39. The molecule has 0 saturated carbocycles. The molecule has 0 saturated heterocycles. The highest BCUT2D eigenvalue weighted by atomic mass is 16.5. The lowest BCUT2D eigenvalue weighted by atomic mass is 9.99. The Morgan fingerprint density at radius 1 is 1.46 bits per heavy atom. The van der Waals surface area contributed by atoms with Gasteiger partial charge in [0.15, 0.2) is 0 Å². The summed E-state index contributed by atoms with van der Waals surface area (Å²) in [6.07, 6.45) is 0.700. The van der Waals surface area contributed by atoms with E-state index in [2.05, 4.69) is 0 Å². The van der Waals surface area contributed by atoms with E-state index >= 15 is 0 Å². The number of hydrogen-bond donors (Lipinski definition) is 2. The van der Waals surface area contributed by atoms with Gasteiger partial charge in [0.2, 0.25) is 0 Å². The van der Waals surface area contributed by atoms with Crippen LogP contribution in [0.15, 0.2) is 18.2 Å². The number of hydrogen-bond acceptors (Lipinski definition) is 3. The quantitative estimate of drug-likeness (QED) is 0.624. The van der Waals surface area contributed by atoms with E-state index in [1.807, 2.05) is 18.2 Å². The van der Waals surface area contributed by atoms with Crippen molar-refractivity contribution in [3.8, 4) is 0 Å². The molecule has 0 aromatic heterocycles. The van der Waals surface area contributed by atoms with Crippen LogP contribution < -0.4 is 5.73 Å². The topological polar surface area (TPSA) is 55.5 Å². The van der Waals surface area contributed by atoms with Crippen LogP contribution in [0.5, 0.6) is 0 Å². The van der Waals surface area contributed by atoms with Gasteiger partial charge in [-0.3, -0.25) is 0 Å². The standard InChI is InChI=1S/C10H13NO2/c11-9-2-1-7-6-13-10(5-12)4-8(7)3-9/h1-3,10,12H,4-6,11H2. The summed E-state index contributed by atoms with van der Waals surface area (Å²) >= 11 is 0. The first kappa shape index (κ1) is 8.53. The van der Waals surface area contributed by atoms with Gasteiger partial charge in [0.05, 0.1) is 19.3 Å². The molecule has 0 bridgehead atoms. The van der Waals surface area contributed by atoms with Gasteiger partial charge in [0.25, 0.3) is 0 Å². The van der Waals surface area contributed by atoms with Crippen molar-refractivity contribution in [2.24, 2.45) is 0 Å². The van der Waals surface area contributed by atoms with Crippen LogP contribution in [0.4, 0.5) is 5.69 Å². The minimum atomic E-state index is -0.0608. The number of nitrogen functional groups attached to an aromatic ring is 1. The molecule has 0 amide bonds. The van der Waals surface area contributed by atoms with Crippen molar-refractivity contribution in [1.29, 1.82) is 0 Å². The predicted octanol–water partition coefficient (Wildman–Crippen LogP) is 0.702. The van der Waals surface area contributed by atoms with Gasteiger partial charge in [-0.15, -0.1) is 0 Å². The van der Waals surface area contributed by atoms with Crippen LogP contribution in [0.2, 0.25) is 0 Å². The summed E-state index contributed by atoms with van der Waals surface area (Å²) in [5, 5.41) is 8.93. The average Bonchev–Trinajstić information content (AvgIpc) is 2.16. The minimum absolute atomic E-state index is 0.0608. The molecule has 1 aromatic rings. The molecule has 1 aromatic carbocycles. The summed E-state index contributed by atoms with van der Waals surface area (Å²) in [5.74, 6) is 0. The van der Waals surface area contributed by atoms with Crippen molar-refractivity contribution in [3.63, 3.8) is 0 Å². The minimum Gasteiger partial charge on any atom is -0.399 e. The highest BCUT2D eigenvalue weighted by molar-refractivity contribution is 5.45. The predicted molar refractivity (Wildman–Crippen MR) is 50.2 cm³/mol. The lowest BCUT2D eigenvalue weighted by molar-refractivity contribution is -0.00699. The third-order valence-corrected chi connectivity index (χ3v) is 2.36. The van der Waals surface area contributed by atoms with E-state index in [9.17, 15) is 0 Å². The maximum absolute atomic E-state index is 8.93. The molecular formula is C10H13NO2.